The Hall–Kier alpha value is -0.0800. The van der Waals surface area contributed by atoms with E-state index in [1.165, 1.54) is 12.8 Å². The highest BCUT2D eigenvalue weighted by Crippen LogP contribution is 2.22. The fourth-order valence-electron chi connectivity index (χ4n) is 2.00. The highest BCUT2D eigenvalue weighted by atomic mass is 15.2. The molecule has 0 aliphatic heterocycles. The largest absolute Gasteiger partial charge is 0.329 e. The van der Waals surface area contributed by atoms with Crippen LogP contribution in [0.5, 0.6) is 0 Å². The second-order valence-corrected chi connectivity index (χ2v) is 5.90. The summed E-state index contributed by atoms with van der Waals surface area (Å²) in [5, 5.41) is 0. The maximum absolute atomic E-state index is 5.92. The predicted molar refractivity (Wildman–Crippen MR) is 69.0 cm³/mol. The molecule has 15 heavy (non-hydrogen) atoms. The van der Waals surface area contributed by atoms with E-state index in [4.69, 9.17) is 5.73 Å². The number of hydrogen-bond acceptors (Lipinski definition) is 2. The summed E-state index contributed by atoms with van der Waals surface area (Å²) in [5.74, 6) is 1.48. The lowest BCUT2D eigenvalue weighted by atomic mass is 9.89. The quantitative estimate of drug-likeness (QED) is 0.706. The predicted octanol–water partition coefficient (Wildman–Crippen LogP) is 2.73. The molecule has 2 N–H and O–H groups in total. The summed E-state index contributed by atoms with van der Waals surface area (Å²) in [6.07, 6.45) is 2.43. The molecular weight excluding hydrogens is 184 g/mol. The van der Waals surface area contributed by atoms with Crippen LogP contribution in [-0.4, -0.2) is 30.6 Å². The number of nitrogens with two attached hydrogens (primary N) is 1. The molecule has 0 fully saturated rings. The molecule has 0 aromatic carbocycles. The van der Waals surface area contributed by atoms with Gasteiger partial charge in [-0.25, -0.2) is 0 Å². The van der Waals surface area contributed by atoms with Crippen molar-refractivity contribution in [1.82, 2.24) is 4.90 Å². The van der Waals surface area contributed by atoms with Gasteiger partial charge in [0.1, 0.15) is 0 Å². The smallest absolute Gasteiger partial charge is 0.0303 e. The zero-order chi connectivity index (χ0) is 12.1. The van der Waals surface area contributed by atoms with E-state index in [9.17, 15) is 0 Å². The van der Waals surface area contributed by atoms with Crippen molar-refractivity contribution in [3.8, 4) is 0 Å². The van der Waals surface area contributed by atoms with Gasteiger partial charge in [-0.3, -0.25) is 4.90 Å². The van der Waals surface area contributed by atoms with Gasteiger partial charge in [0.15, 0.2) is 0 Å². The third-order valence-corrected chi connectivity index (χ3v) is 3.25. The van der Waals surface area contributed by atoms with Crippen LogP contribution in [-0.2, 0) is 0 Å². The zero-order valence-electron chi connectivity index (χ0n) is 11.5. The molecular formula is C13H30N2. The van der Waals surface area contributed by atoms with E-state index in [1.807, 2.05) is 0 Å². The molecule has 0 aromatic rings. The molecule has 0 spiro atoms. The van der Waals surface area contributed by atoms with Crippen molar-refractivity contribution in [2.24, 2.45) is 17.6 Å². The van der Waals surface area contributed by atoms with Gasteiger partial charge >= 0.3 is 0 Å². The molecule has 92 valence electrons. The average molecular weight is 214 g/mol. The molecule has 0 aliphatic rings. The molecule has 0 aromatic heterocycles. The summed E-state index contributed by atoms with van der Waals surface area (Å²) in [6.45, 7) is 13.3. The van der Waals surface area contributed by atoms with Gasteiger partial charge in [-0.15, -0.1) is 0 Å². The summed E-state index contributed by atoms with van der Waals surface area (Å²) in [6, 6.07) is 0. The highest BCUT2D eigenvalue weighted by Gasteiger charge is 2.28. The lowest BCUT2D eigenvalue weighted by molar-refractivity contribution is 0.113. The van der Waals surface area contributed by atoms with Crippen LogP contribution in [0.15, 0.2) is 0 Å². The normalized spacial score (nSPS) is 16.4. The third kappa shape index (κ3) is 5.53. The Morgan fingerprint density at radius 2 is 1.67 bits per heavy atom. The summed E-state index contributed by atoms with van der Waals surface area (Å²) < 4.78 is 0. The first kappa shape index (κ1) is 14.9. The Morgan fingerprint density at radius 1 is 1.13 bits per heavy atom. The van der Waals surface area contributed by atoms with Crippen LogP contribution in [0.25, 0.3) is 0 Å². The molecule has 1 unspecified atom stereocenters. The average Bonchev–Trinajstić information content (AvgIpc) is 2.12. The Morgan fingerprint density at radius 3 is 2.00 bits per heavy atom. The SMILES string of the molecule is CC(C)CCN(C)C(C)(CN)CC(C)C. The standard InChI is InChI=1S/C13H30N2/c1-11(2)7-8-15(6)13(5,10-14)9-12(3)4/h11-12H,7-10,14H2,1-6H3. The monoisotopic (exact) mass is 214 g/mol. The Bertz CT molecular complexity index is 166. The molecule has 2 nitrogen and oxygen atoms in total. The van der Waals surface area contributed by atoms with Crippen molar-refractivity contribution in [3.63, 3.8) is 0 Å². The van der Waals surface area contributed by atoms with Gasteiger partial charge in [-0.2, -0.15) is 0 Å². The maximum atomic E-state index is 5.92. The molecule has 1 atom stereocenters. The van der Waals surface area contributed by atoms with Crippen molar-refractivity contribution in [1.29, 1.82) is 0 Å². The minimum Gasteiger partial charge on any atom is -0.329 e. The first-order chi connectivity index (χ1) is 6.81. The van der Waals surface area contributed by atoms with E-state index in [0.29, 0.717) is 5.92 Å². The summed E-state index contributed by atoms with van der Waals surface area (Å²) in [5.41, 5.74) is 6.09. The van der Waals surface area contributed by atoms with Gasteiger partial charge in [0.2, 0.25) is 0 Å². The molecule has 0 saturated carbocycles. The summed E-state index contributed by atoms with van der Waals surface area (Å²) in [4.78, 5) is 2.44. The lowest BCUT2D eigenvalue weighted by Gasteiger charge is -2.39. The van der Waals surface area contributed by atoms with Gasteiger partial charge in [-0.1, -0.05) is 27.7 Å². The minimum atomic E-state index is 0.170. The molecule has 0 amide bonds. The highest BCUT2D eigenvalue weighted by molar-refractivity contribution is 4.86. The van der Waals surface area contributed by atoms with Crippen LogP contribution < -0.4 is 5.73 Å². The van der Waals surface area contributed by atoms with E-state index in [-0.39, 0.29) is 5.54 Å². The van der Waals surface area contributed by atoms with Crippen LogP contribution >= 0.6 is 0 Å². The van der Waals surface area contributed by atoms with Gasteiger partial charge in [0, 0.05) is 12.1 Å². The fraction of sp³-hybridized carbons (Fsp3) is 1.00. The summed E-state index contributed by atoms with van der Waals surface area (Å²) >= 11 is 0. The van der Waals surface area contributed by atoms with Crippen LogP contribution in [0.2, 0.25) is 0 Å². The first-order valence-electron chi connectivity index (χ1n) is 6.23. The van der Waals surface area contributed by atoms with E-state index >= 15 is 0 Å². The molecule has 0 aliphatic carbocycles. The molecule has 2 heteroatoms. The van der Waals surface area contributed by atoms with E-state index in [2.05, 4.69) is 46.6 Å². The first-order valence-corrected chi connectivity index (χ1v) is 6.23. The fourth-order valence-corrected chi connectivity index (χ4v) is 2.00. The van der Waals surface area contributed by atoms with Crippen LogP contribution in [0, 0.1) is 11.8 Å². The van der Waals surface area contributed by atoms with Crippen LogP contribution in [0.4, 0.5) is 0 Å². The molecule has 0 rings (SSSR count). The van der Waals surface area contributed by atoms with Gasteiger partial charge in [0.05, 0.1) is 0 Å². The number of likely N-dealkylation sites (N-methyl/N-ethyl adjacent to an activating group) is 1. The lowest BCUT2D eigenvalue weighted by Crippen LogP contribution is -2.51. The number of nitrogens with zero attached hydrogens (tertiary/aromatic N) is 1. The van der Waals surface area contributed by atoms with Gasteiger partial charge in [-0.05, 0) is 45.2 Å². The molecule has 0 heterocycles. The van der Waals surface area contributed by atoms with E-state index in [0.717, 1.165) is 19.0 Å². The third-order valence-electron chi connectivity index (χ3n) is 3.25. The molecule has 0 saturated heterocycles. The number of hydrogen-bond donors (Lipinski definition) is 1. The second-order valence-electron chi connectivity index (χ2n) is 5.90. The molecule has 0 bridgehead atoms. The van der Waals surface area contributed by atoms with Crippen molar-refractivity contribution in [2.45, 2.75) is 53.0 Å². The Kier molecular flexibility index (Phi) is 6.46. The van der Waals surface area contributed by atoms with E-state index < -0.39 is 0 Å². The van der Waals surface area contributed by atoms with E-state index in [1.54, 1.807) is 0 Å². The second kappa shape index (κ2) is 6.49. The Labute approximate surface area is 96.2 Å². The van der Waals surface area contributed by atoms with Crippen molar-refractivity contribution in [3.05, 3.63) is 0 Å². The van der Waals surface area contributed by atoms with Gasteiger partial charge in [0.25, 0.3) is 0 Å². The molecule has 0 radical (unpaired) electrons. The van der Waals surface area contributed by atoms with Crippen molar-refractivity contribution < 1.29 is 0 Å². The zero-order valence-corrected chi connectivity index (χ0v) is 11.5. The Balaban J connectivity index is 4.24. The summed E-state index contributed by atoms with van der Waals surface area (Å²) in [7, 11) is 2.21. The maximum Gasteiger partial charge on any atom is 0.0303 e. The van der Waals surface area contributed by atoms with Crippen LogP contribution in [0.1, 0.15) is 47.5 Å². The van der Waals surface area contributed by atoms with Gasteiger partial charge < -0.3 is 5.73 Å². The van der Waals surface area contributed by atoms with Crippen molar-refractivity contribution in [2.75, 3.05) is 20.1 Å². The topological polar surface area (TPSA) is 29.3 Å². The van der Waals surface area contributed by atoms with Crippen molar-refractivity contribution >= 4 is 0 Å². The van der Waals surface area contributed by atoms with Crippen LogP contribution in [0.3, 0.4) is 0 Å². The number of rotatable bonds is 7. The minimum absolute atomic E-state index is 0.170.